The summed E-state index contributed by atoms with van der Waals surface area (Å²) in [5.41, 5.74) is 7.86. The normalized spacial score (nSPS) is 14.6. The molecule has 2 N–H and O–H groups in total. The van der Waals surface area contributed by atoms with Crippen molar-refractivity contribution in [1.82, 2.24) is 10.9 Å². The molecule has 0 atom stereocenters. The Balaban J connectivity index is 2.04. The van der Waals surface area contributed by atoms with E-state index in [9.17, 15) is 4.79 Å². The Kier molecular flexibility index (Phi) is 4.41. The van der Waals surface area contributed by atoms with E-state index in [-0.39, 0.29) is 5.78 Å². The molecule has 19 heavy (non-hydrogen) atoms. The van der Waals surface area contributed by atoms with Gasteiger partial charge in [0.2, 0.25) is 0 Å². The first-order valence-corrected chi connectivity index (χ1v) is 6.15. The van der Waals surface area contributed by atoms with Crippen LogP contribution in [0.5, 0.6) is 11.5 Å². The summed E-state index contributed by atoms with van der Waals surface area (Å²) in [6, 6.07) is 5.79. The molecule has 0 radical (unpaired) electrons. The smallest absolute Gasteiger partial charge is 0.173 e. The molecule has 0 bridgehead atoms. The molecule has 0 saturated carbocycles. The van der Waals surface area contributed by atoms with Crippen LogP contribution in [0.2, 0.25) is 0 Å². The molecule has 2 rings (SSSR count). The summed E-state index contributed by atoms with van der Waals surface area (Å²) in [5.74, 6) is 1.64. The number of benzene rings is 1. The van der Waals surface area contributed by atoms with Gasteiger partial charge in [-0.05, 0) is 30.5 Å². The molecular weight excluding hydrogens is 244 g/mol. The summed E-state index contributed by atoms with van der Waals surface area (Å²) in [6.45, 7) is 0.344. The standard InChI is InChI=1S/C14H18N2O3/c1-18-13-5-10(6-14(8-13)19-2)3-4-11-7-12(17)9-15-16-11/h5-8,15-16H,3-4,9H2,1-2H3. The van der Waals surface area contributed by atoms with Crippen LogP contribution in [-0.2, 0) is 11.2 Å². The van der Waals surface area contributed by atoms with Crippen molar-refractivity contribution in [1.29, 1.82) is 0 Å². The Morgan fingerprint density at radius 2 is 1.79 bits per heavy atom. The fraction of sp³-hybridized carbons (Fsp3) is 0.357. The number of methoxy groups -OCH3 is 2. The topological polar surface area (TPSA) is 59.6 Å². The molecular formula is C14H18N2O3. The van der Waals surface area contributed by atoms with Crippen LogP contribution in [0, 0.1) is 0 Å². The zero-order valence-corrected chi connectivity index (χ0v) is 11.2. The quantitative estimate of drug-likeness (QED) is 0.835. The first kappa shape index (κ1) is 13.4. The average molecular weight is 262 g/mol. The van der Waals surface area contributed by atoms with Crippen LogP contribution in [-0.4, -0.2) is 26.5 Å². The van der Waals surface area contributed by atoms with Gasteiger partial charge in [0.05, 0.1) is 20.8 Å². The van der Waals surface area contributed by atoms with Crippen molar-refractivity contribution in [3.8, 4) is 11.5 Å². The molecule has 0 fully saturated rings. The van der Waals surface area contributed by atoms with Crippen molar-refractivity contribution in [2.45, 2.75) is 12.8 Å². The highest BCUT2D eigenvalue weighted by atomic mass is 16.5. The predicted octanol–water partition coefficient (Wildman–Crippen LogP) is 1.20. The third-order valence-electron chi connectivity index (χ3n) is 2.94. The zero-order valence-electron chi connectivity index (χ0n) is 11.2. The number of carbonyl (C=O) groups excluding carboxylic acids is 1. The number of rotatable bonds is 5. The monoisotopic (exact) mass is 262 g/mol. The lowest BCUT2D eigenvalue weighted by Gasteiger charge is -2.16. The largest absolute Gasteiger partial charge is 0.497 e. The van der Waals surface area contributed by atoms with Crippen molar-refractivity contribution in [3.63, 3.8) is 0 Å². The van der Waals surface area contributed by atoms with Crippen LogP contribution in [0.25, 0.3) is 0 Å². The van der Waals surface area contributed by atoms with Gasteiger partial charge in [0.25, 0.3) is 0 Å². The van der Waals surface area contributed by atoms with Gasteiger partial charge in [0.1, 0.15) is 11.5 Å². The Bertz CT molecular complexity index is 475. The third-order valence-corrected chi connectivity index (χ3v) is 2.94. The second-order valence-electron chi connectivity index (χ2n) is 4.34. The molecule has 5 heteroatoms. The van der Waals surface area contributed by atoms with Gasteiger partial charge in [-0.1, -0.05) is 0 Å². The Morgan fingerprint density at radius 3 is 2.37 bits per heavy atom. The zero-order chi connectivity index (χ0) is 13.7. The van der Waals surface area contributed by atoms with Gasteiger partial charge in [-0.15, -0.1) is 0 Å². The number of ketones is 1. The van der Waals surface area contributed by atoms with Crippen LogP contribution in [0.1, 0.15) is 12.0 Å². The first-order valence-electron chi connectivity index (χ1n) is 6.15. The molecule has 1 aromatic carbocycles. The number of hydrogen-bond donors (Lipinski definition) is 2. The van der Waals surface area contributed by atoms with E-state index in [1.54, 1.807) is 20.3 Å². The Hall–Kier alpha value is -2.01. The Labute approximate surface area is 112 Å². The second kappa shape index (κ2) is 6.24. The second-order valence-corrected chi connectivity index (χ2v) is 4.34. The molecule has 0 spiro atoms. The molecule has 1 aliphatic heterocycles. The SMILES string of the molecule is COc1cc(CCC2=CC(=O)CNN2)cc(OC)c1. The minimum absolute atomic E-state index is 0.0944. The van der Waals surface area contributed by atoms with Gasteiger partial charge >= 0.3 is 0 Å². The lowest BCUT2D eigenvalue weighted by molar-refractivity contribution is -0.114. The van der Waals surface area contributed by atoms with Crippen LogP contribution in [0.15, 0.2) is 30.0 Å². The third kappa shape index (κ3) is 3.72. The van der Waals surface area contributed by atoms with Crippen molar-refractivity contribution in [3.05, 3.63) is 35.5 Å². The number of nitrogens with one attached hydrogen (secondary N) is 2. The van der Waals surface area contributed by atoms with E-state index < -0.39 is 0 Å². The summed E-state index contributed by atoms with van der Waals surface area (Å²) in [6.07, 6.45) is 3.21. The van der Waals surface area contributed by atoms with E-state index >= 15 is 0 Å². The maximum Gasteiger partial charge on any atom is 0.173 e. The fourth-order valence-electron chi connectivity index (χ4n) is 1.95. The van der Waals surface area contributed by atoms with E-state index in [1.165, 1.54) is 0 Å². The van der Waals surface area contributed by atoms with E-state index in [0.29, 0.717) is 6.54 Å². The number of ether oxygens (including phenoxy) is 2. The van der Waals surface area contributed by atoms with E-state index in [2.05, 4.69) is 10.9 Å². The van der Waals surface area contributed by atoms with Crippen molar-refractivity contribution in [2.24, 2.45) is 0 Å². The number of carbonyl (C=O) groups is 1. The van der Waals surface area contributed by atoms with Crippen molar-refractivity contribution >= 4 is 5.78 Å². The van der Waals surface area contributed by atoms with Gasteiger partial charge in [-0.3, -0.25) is 4.79 Å². The summed E-state index contributed by atoms with van der Waals surface area (Å²) >= 11 is 0. The molecule has 1 aromatic rings. The van der Waals surface area contributed by atoms with E-state index in [0.717, 1.165) is 35.6 Å². The Morgan fingerprint density at radius 1 is 1.11 bits per heavy atom. The molecule has 5 nitrogen and oxygen atoms in total. The number of hydrazine groups is 1. The fourth-order valence-corrected chi connectivity index (χ4v) is 1.95. The summed E-state index contributed by atoms with van der Waals surface area (Å²) < 4.78 is 10.5. The summed E-state index contributed by atoms with van der Waals surface area (Å²) in [7, 11) is 3.26. The predicted molar refractivity (Wildman–Crippen MR) is 72.1 cm³/mol. The van der Waals surface area contributed by atoms with Crippen molar-refractivity contribution < 1.29 is 14.3 Å². The van der Waals surface area contributed by atoms with Crippen molar-refractivity contribution in [2.75, 3.05) is 20.8 Å². The van der Waals surface area contributed by atoms with Gasteiger partial charge in [-0.25, -0.2) is 5.43 Å². The van der Waals surface area contributed by atoms with Crippen LogP contribution >= 0.6 is 0 Å². The van der Waals surface area contributed by atoms with E-state index in [1.807, 2.05) is 18.2 Å². The number of hydrogen-bond acceptors (Lipinski definition) is 5. The maximum absolute atomic E-state index is 11.3. The number of aryl methyl sites for hydroxylation is 1. The highest BCUT2D eigenvalue weighted by molar-refractivity contribution is 5.92. The van der Waals surface area contributed by atoms with Crippen LogP contribution in [0.4, 0.5) is 0 Å². The lowest BCUT2D eigenvalue weighted by atomic mass is 10.1. The van der Waals surface area contributed by atoms with E-state index in [4.69, 9.17) is 9.47 Å². The molecule has 1 heterocycles. The lowest BCUT2D eigenvalue weighted by Crippen LogP contribution is -2.39. The molecule has 0 saturated heterocycles. The van der Waals surface area contributed by atoms with Gasteiger partial charge in [-0.2, -0.15) is 0 Å². The molecule has 0 aliphatic carbocycles. The molecule has 0 unspecified atom stereocenters. The molecule has 0 aromatic heterocycles. The molecule has 1 aliphatic rings. The first-order chi connectivity index (χ1) is 9.21. The maximum atomic E-state index is 11.3. The summed E-state index contributed by atoms with van der Waals surface area (Å²) in [4.78, 5) is 11.3. The highest BCUT2D eigenvalue weighted by Crippen LogP contribution is 2.23. The van der Waals surface area contributed by atoms with Gasteiger partial charge < -0.3 is 14.9 Å². The van der Waals surface area contributed by atoms with Crippen LogP contribution in [0.3, 0.4) is 0 Å². The van der Waals surface area contributed by atoms with Crippen LogP contribution < -0.4 is 20.3 Å². The molecule has 102 valence electrons. The average Bonchev–Trinajstić information content (AvgIpc) is 2.44. The van der Waals surface area contributed by atoms with Gasteiger partial charge in [0.15, 0.2) is 5.78 Å². The summed E-state index contributed by atoms with van der Waals surface area (Å²) in [5, 5.41) is 0. The van der Waals surface area contributed by atoms with Gasteiger partial charge in [0, 0.05) is 17.8 Å². The molecule has 0 amide bonds. The minimum Gasteiger partial charge on any atom is -0.497 e. The minimum atomic E-state index is 0.0944. The highest BCUT2D eigenvalue weighted by Gasteiger charge is 2.09. The number of allylic oxidation sites excluding steroid dienone is 1.